The fourth-order valence-corrected chi connectivity index (χ4v) is 2.82. The second kappa shape index (κ2) is 6.35. The molecule has 2 heterocycles. The molecule has 0 saturated heterocycles. The lowest BCUT2D eigenvalue weighted by atomic mass is 10.2. The van der Waals surface area contributed by atoms with E-state index in [1.807, 2.05) is 0 Å². The SMILES string of the molecule is CN(Cc1cnoc1-c1ccc(Cl)s1)CC(O)C(F)(F)F. The molecule has 0 aliphatic heterocycles. The van der Waals surface area contributed by atoms with Gasteiger partial charge in [0.2, 0.25) is 0 Å². The molecular weight excluding hydrogens is 329 g/mol. The van der Waals surface area contributed by atoms with Crippen molar-refractivity contribution in [3.05, 3.63) is 28.2 Å². The van der Waals surface area contributed by atoms with E-state index in [4.69, 9.17) is 21.2 Å². The Hall–Kier alpha value is -1.09. The maximum absolute atomic E-state index is 12.3. The molecule has 116 valence electrons. The number of aliphatic hydroxyl groups excluding tert-OH is 1. The molecular formula is C12H12ClF3N2O2S. The van der Waals surface area contributed by atoms with Crippen molar-refractivity contribution in [2.75, 3.05) is 13.6 Å². The molecule has 2 rings (SSSR count). The number of rotatable bonds is 5. The van der Waals surface area contributed by atoms with Crippen LogP contribution in [0.1, 0.15) is 5.56 Å². The second-order valence-corrected chi connectivity index (χ2v) is 6.25. The van der Waals surface area contributed by atoms with E-state index in [1.54, 1.807) is 12.1 Å². The van der Waals surface area contributed by atoms with Crippen molar-refractivity contribution < 1.29 is 22.8 Å². The maximum atomic E-state index is 12.3. The van der Waals surface area contributed by atoms with Gasteiger partial charge in [-0.25, -0.2) is 0 Å². The van der Waals surface area contributed by atoms with Crippen molar-refractivity contribution in [1.29, 1.82) is 0 Å². The molecule has 2 aromatic heterocycles. The van der Waals surface area contributed by atoms with Crippen LogP contribution in [0.4, 0.5) is 13.2 Å². The molecule has 1 unspecified atom stereocenters. The Morgan fingerprint density at radius 2 is 2.19 bits per heavy atom. The molecule has 2 aromatic rings. The summed E-state index contributed by atoms with van der Waals surface area (Å²) in [6, 6.07) is 3.45. The molecule has 0 spiro atoms. The lowest BCUT2D eigenvalue weighted by molar-refractivity contribution is -0.207. The molecule has 0 aliphatic rings. The zero-order chi connectivity index (χ0) is 15.6. The predicted octanol–water partition coefficient (Wildman–Crippen LogP) is 3.41. The molecule has 1 N–H and O–H groups in total. The predicted molar refractivity (Wildman–Crippen MR) is 73.2 cm³/mol. The van der Waals surface area contributed by atoms with Gasteiger partial charge in [0.05, 0.1) is 15.4 Å². The van der Waals surface area contributed by atoms with Crippen LogP contribution in [-0.2, 0) is 6.54 Å². The van der Waals surface area contributed by atoms with E-state index in [-0.39, 0.29) is 6.54 Å². The van der Waals surface area contributed by atoms with Gasteiger partial charge < -0.3 is 9.63 Å². The first-order chi connectivity index (χ1) is 9.77. The Labute approximate surface area is 127 Å². The first-order valence-electron chi connectivity index (χ1n) is 5.90. The van der Waals surface area contributed by atoms with Gasteiger partial charge >= 0.3 is 6.18 Å². The van der Waals surface area contributed by atoms with Gasteiger partial charge in [0, 0.05) is 18.7 Å². The number of alkyl halides is 3. The molecule has 0 aliphatic carbocycles. The number of nitrogens with zero attached hydrogens (tertiary/aromatic N) is 2. The standard InChI is InChI=1S/C12H12ClF3N2O2S/c1-18(6-9(19)12(14,15)16)5-7-4-17-20-11(7)8-2-3-10(13)21-8/h2-4,9,19H,5-6H2,1H3. The molecule has 0 aromatic carbocycles. The van der Waals surface area contributed by atoms with Gasteiger partial charge in [0.15, 0.2) is 11.9 Å². The Balaban J connectivity index is 2.06. The fraction of sp³-hybridized carbons (Fsp3) is 0.417. The highest BCUT2D eigenvalue weighted by Crippen LogP contribution is 2.33. The Bertz CT molecular complexity index is 599. The van der Waals surface area contributed by atoms with Gasteiger partial charge in [-0.15, -0.1) is 11.3 Å². The summed E-state index contributed by atoms with van der Waals surface area (Å²) in [5.74, 6) is 0.472. The van der Waals surface area contributed by atoms with Crippen LogP contribution < -0.4 is 0 Å². The van der Waals surface area contributed by atoms with Crippen molar-refractivity contribution in [2.24, 2.45) is 0 Å². The summed E-state index contributed by atoms with van der Waals surface area (Å²) in [6.45, 7) is -0.360. The average molecular weight is 341 g/mol. The van der Waals surface area contributed by atoms with Crippen molar-refractivity contribution in [3.8, 4) is 10.6 Å². The zero-order valence-corrected chi connectivity index (χ0v) is 12.5. The van der Waals surface area contributed by atoms with Crippen LogP contribution in [0.2, 0.25) is 4.34 Å². The van der Waals surface area contributed by atoms with Crippen LogP contribution in [0.25, 0.3) is 10.6 Å². The van der Waals surface area contributed by atoms with Crippen LogP contribution in [0.3, 0.4) is 0 Å². The minimum atomic E-state index is -4.63. The Morgan fingerprint density at radius 1 is 1.48 bits per heavy atom. The summed E-state index contributed by atoms with van der Waals surface area (Å²) >= 11 is 7.13. The number of aromatic nitrogens is 1. The highest BCUT2D eigenvalue weighted by atomic mass is 35.5. The molecule has 21 heavy (non-hydrogen) atoms. The average Bonchev–Trinajstić information content (AvgIpc) is 2.96. The molecule has 4 nitrogen and oxygen atoms in total. The minimum Gasteiger partial charge on any atom is -0.382 e. The lowest BCUT2D eigenvalue weighted by Crippen LogP contribution is -2.39. The summed E-state index contributed by atoms with van der Waals surface area (Å²) in [4.78, 5) is 2.10. The summed E-state index contributed by atoms with van der Waals surface area (Å²) in [6.07, 6.45) is -5.58. The van der Waals surface area contributed by atoms with Gasteiger partial charge in [0.25, 0.3) is 0 Å². The van der Waals surface area contributed by atoms with Crippen LogP contribution in [0.5, 0.6) is 0 Å². The van der Waals surface area contributed by atoms with Crippen molar-refractivity contribution in [1.82, 2.24) is 10.1 Å². The first-order valence-corrected chi connectivity index (χ1v) is 7.09. The summed E-state index contributed by atoms with van der Waals surface area (Å²) < 4.78 is 42.6. The molecule has 0 amide bonds. The number of hydrogen-bond acceptors (Lipinski definition) is 5. The normalized spacial score (nSPS) is 13.9. The smallest absolute Gasteiger partial charge is 0.382 e. The second-order valence-electron chi connectivity index (χ2n) is 4.54. The third-order valence-electron chi connectivity index (χ3n) is 2.74. The van der Waals surface area contributed by atoms with Crippen LogP contribution in [0.15, 0.2) is 22.9 Å². The third kappa shape index (κ3) is 4.19. The van der Waals surface area contributed by atoms with Gasteiger partial charge in [-0.1, -0.05) is 16.8 Å². The van der Waals surface area contributed by atoms with Crippen LogP contribution in [0, 0.1) is 0 Å². The molecule has 1 atom stereocenters. The lowest BCUT2D eigenvalue weighted by Gasteiger charge is -2.21. The van der Waals surface area contributed by atoms with Gasteiger partial charge in [-0.2, -0.15) is 13.2 Å². The van der Waals surface area contributed by atoms with Gasteiger partial charge in [0.1, 0.15) is 0 Å². The molecule has 0 radical (unpaired) electrons. The molecule has 0 saturated carbocycles. The van der Waals surface area contributed by atoms with Gasteiger partial charge in [-0.05, 0) is 19.2 Å². The molecule has 0 fully saturated rings. The third-order valence-corrected chi connectivity index (χ3v) is 3.97. The first kappa shape index (κ1) is 16.3. The maximum Gasteiger partial charge on any atom is 0.415 e. The van der Waals surface area contributed by atoms with E-state index >= 15 is 0 Å². The number of aliphatic hydroxyl groups is 1. The van der Waals surface area contributed by atoms with Gasteiger partial charge in [-0.3, -0.25) is 4.90 Å². The zero-order valence-electron chi connectivity index (χ0n) is 10.9. The van der Waals surface area contributed by atoms with Crippen molar-refractivity contribution in [3.63, 3.8) is 0 Å². The van der Waals surface area contributed by atoms with Crippen LogP contribution >= 0.6 is 22.9 Å². The van der Waals surface area contributed by atoms with E-state index < -0.39 is 18.8 Å². The van der Waals surface area contributed by atoms with E-state index in [2.05, 4.69) is 5.16 Å². The van der Waals surface area contributed by atoms with E-state index in [0.29, 0.717) is 15.7 Å². The number of likely N-dealkylation sites (N-methyl/N-ethyl adjacent to an activating group) is 1. The molecule has 9 heteroatoms. The largest absolute Gasteiger partial charge is 0.415 e. The fourth-order valence-electron chi connectivity index (χ4n) is 1.77. The number of halogens is 4. The minimum absolute atomic E-state index is 0.168. The van der Waals surface area contributed by atoms with E-state index in [0.717, 1.165) is 4.88 Å². The Morgan fingerprint density at radius 3 is 2.76 bits per heavy atom. The molecule has 0 bridgehead atoms. The number of thiophene rings is 1. The van der Waals surface area contributed by atoms with E-state index in [9.17, 15) is 13.2 Å². The van der Waals surface area contributed by atoms with E-state index in [1.165, 1.54) is 29.5 Å². The van der Waals surface area contributed by atoms with Crippen LogP contribution in [-0.4, -0.2) is 41.0 Å². The Kier molecular flexibility index (Phi) is 4.92. The highest BCUT2D eigenvalue weighted by molar-refractivity contribution is 7.19. The quantitative estimate of drug-likeness (QED) is 0.906. The van der Waals surface area contributed by atoms with Crippen molar-refractivity contribution >= 4 is 22.9 Å². The highest BCUT2D eigenvalue weighted by Gasteiger charge is 2.38. The monoisotopic (exact) mass is 340 g/mol. The summed E-state index contributed by atoms with van der Waals surface area (Å²) in [5, 5.41) is 12.7. The summed E-state index contributed by atoms with van der Waals surface area (Å²) in [5.41, 5.74) is 0.630. The topological polar surface area (TPSA) is 49.5 Å². The number of hydrogen-bond donors (Lipinski definition) is 1. The summed E-state index contributed by atoms with van der Waals surface area (Å²) in [7, 11) is 1.48. The van der Waals surface area contributed by atoms with Crippen molar-refractivity contribution in [2.45, 2.75) is 18.8 Å².